The number of rotatable bonds is 5. The van der Waals surface area contributed by atoms with Gasteiger partial charge in [-0.2, -0.15) is 0 Å². The number of nitrogens with two attached hydrogens (primary N) is 1. The van der Waals surface area contributed by atoms with E-state index in [2.05, 4.69) is 0 Å². The van der Waals surface area contributed by atoms with Crippen LogP contribution in [0.4, 0.5) is 5.69 Å². The fourth-order valence-corrected chi connectivity index (χ4v) is 1.21. The van der Waals surface area contributed by atoms with E-state index in [0.29, 0.717) is 5.02 Å². The van der Waals surface area contributed by atoms with E-state index in [1.807, 2.05) is 0 Å². The van der Waals surface area contributed by atoms with Crippen molar-refractivity contribution in [1.29, 1.82) is 0 Å². The number of carbonyl (C=O) groups is 1. The highest BCUT2D eigenvalue weighted by atomic mass is 35.5. The van der Waals surface area contributed by atoms with Gasteiger partial charge in [-0.25, -0.2) is 0 Å². The molecule has 1 aromatic carbocycles. The minimum atomic E-state index is -0.583. The Hall–Kier alpha value is -1.82. The molecule has 0 aromatic heterocycles. The third kappa shape index (κ3) is 3.60. The zero-order valence-corrected chi connectivity index (χ0v) is 9.81. The zero-order valence-electron chi connectivity index (χ0n) is 9.05. The second kappa shape index (κ2) is 5.49. The van der Waals surface area contributed by atoms with Gasteiger partial charge in [-0.15, -0.1) is 0 Å². The van der Waals surface area contributed by atoms with Gasteiger partial charge < -0.3 is 10.5 Å². The Bertz CT molecular complexity index is 450. The second-order valence-corrected chi connectivity index (χ2v) is 3.92. The van der Waals surface area contributed by atoms with Gasteiger partial charge in [0, 0.05) is 17.2 Å². The third-order valence-electron chi connectivity index (χ3n) is 2.09. The molecule has 1 amide bonds. The number of halogens is 1. The van der Waals surface area contributed by atoms with Gasteiger partial charge in [0.25, 0.3) is 0 Å². The number of amides is 1. The number of nitro groups is 1. The van der Waals surface area contributed by atoms with Crippen LogP contribution in [0, 0.1) is 16.0 Å². The van der Waals surface area contributed by atoms with Gasteiger partial charge in [0.2, 0.25) is 5.91 Å². The van der Waals surface area contributed by atoms with E-state index in [-0.39, 0.29) is 18.0 Å². The van der Waals surface area contributed by atoms with Crippen LogP contribution in [0.25, 0.3) is 0 Å². The van der Waals surface area contributed by atoms with Gasteiger partial charge in [-0.05, 0) is 6.07 Å². The molecule has 2 N–H and O–H groups in total. The first-order valence-corrected chi connectivity index (χ1v) is 5.15. The van der Waals surface area contributed by atoms with Crippen molar-refractivity contribution in [2.45, 2.75) is 6.92 Å². The molecule has 7 heteroatoms. The van der Waals surface area contributed by atoms with Crippen LogP contribution >= 0.6 is 11.6 Å². The van der Waals surface area contributed by atoms with E-state index in [0.717, 1.165) is 0 Å². The van der Waals surface area contributed by atoms with Crippen molar-refractivity contribution >= 4 is 23.2 Å². The number of nitro benzene ring substituents is 1. The molecule has 1 aromatic rings. The SMILES string of the molecule is CC(COc1cc(Cl)ccc1[N+](=O)[O-])C(N)=O. The van der Waals surface area contributed by atoms with Crippen LogP contribution in [0.15, 0.2) is 18.2 Å². The van der Waals surface area contributed by atoms with Crippen LogP contribution in [-0.4, -0.2) is 17.4 Å². The number of ether oxygens (including phenoxy) is 1. The van der Waals surface area contributed by atoms with E-state index in [1.54, 1.807) is 6.92 Å². The monoisotopic (exact) mass is 258 g/mol. The standard InChI is InChI=1S/C10H11ClN2O4/c1-6(10(12)14)5-17-9-4-7(11)2-3-8(9)13(15)16/h2-4,6H,5H2,1H3,(H2,12,14). The van der Waals surface area contributed by atoms with Crippen molar-refractivity contribution in [3.63, 3.8) is 0 Å². The Balaban J connectivity index is 2.85. The van der Waals surface area contributed by atoms with Crippen LogP contribution in [0.1, 0.15) is 6.92 Å². The maximum Gasteiger partial charge on any atom is 0.311 e. The lowest BCUT2D eigenvalue weighted by Crippen LogP contribution is -2.25. The van der Waals surface area contributed by atoms with Gasteiger partial charge in [0.1, 0.15) is 0 Å². The normalized spacial score (nSPS) is 11.9. The molecule has 92 valence electrons. The first kappa shape index (κ1) is 13.2. The Morgan fingerprint density at radius 3 is 2.82 bits per heavy atom. The van der Waals surface area contributed by atoms with E-state index in [9.17, 15) is 14.9 Å². The number of nitrogens with zero attached hydrogens (tertiary/aromatic N) is 1. The first-order chi connectivity index (χ1) is 7.91. The van der Waals surface area contributed by atoms with Crippen molar-refractivity contribution in [2.75, 3.05) is 6.61 Å². The summed E-state index contributed by atoms with van der Waals surface area (Å²) in [5.74, 6) is -1.04. The first-order valence-electron chi connectivity index (χ1n) is 4.78. The number of hydrogen-bond donors (Lipinski definition) is 1. The van der Waals surface area contributed by atoms with Gasteiger partial charge in [0.05, 0.1) is 17.4 Å². The molecule has 1 unspecified atom stereocenters. The van der Waals surface area contributed by atoms with E-state index < -0.39 is 16.7 Å². The molecule has 17 heavy (non-hydrogen) atoms. The van der Waals surface area contributed by atoms with Gasteiger partial charge in [-0.1, -0.05) is 18.5 Å². The van der Waals surface area contributed by atoms with Crippen LogP contribution in [0.2, 0.25) is 5.02 Å². The quantitative estimate of drug-likeness (QED) is 0.643. The summed E-state index contributed by atoms with van der Waals surface area (Å²) in [6, 6.07) is 3.96. The van der Waals surface area contributed by atoms with Crippen molar-refractivity contribution < 1.29 is 14.5 Å². The topological polar surface area (TPSA) is 95.5 Å². The Morgan fingerprint density at radius 2 is 2.29 bits per heavy atom. The molecular weight excluding hydrogens is 248 g/mol. The van der Waals surface area contributed by atoms with Crippen molar-refractivity contribution in [1.82, 2.24) is 0 Å². The van der Waals surface area contributed by atoms with E-state index in [1.165, 1.54) is 18.2 Å². The van der Waals surface area contributed by atoms with Crippen LogP contribution in [0.3, 0.4) is 0 Å². The van der Waals surface area contributed by atoms with Crippen LogP contribution in [-0.2, 0) is 4.79 Å². The molecule has 0 radical (unpaired) electrons. The Morgan fingerprint density at radius 1 is 1.65 bits per heavy atom. The average Bonchev–Trinajstić information content (AvgIpc) is 2.25. The van der Waals surface area contributed by atoms with Gasteiger partial charge in [0.15, 0.2) is 5.75 Å². The minimum absolute atomic E-state index is 0.0237. The predicted octanol–water partition coefficient (Wildman–Crippen LogP) is 1.75. The molecule has 0 bridgehead atoms. The lowest BCUT2D eigenvalue weighted by atomic mass is 10.2. The summed E-state index contributed by atoms with van der Waals surface area (Å²) in [5, 5.41) is 11.0. The highest BCUT2D eigenvalue weighted by Gasteiger charge is 2.17. The fraction of sp³-hybridized carbons (Fsp3) is 0.300. The fourth-order valence-electron chi connectivity index (χ4n) is 1.05. The average molecular weight is 259 g/mol. The molecule has 1 rings (SSSR count). The summed E-state index contributed by atoms with van der Waals surface area (Å²) in [7, 11) is 0. The summed E-state index contributed by atoms with van der Waals surface area (Å²) < 4.78 is 5.18. The molecule has 0 saturated heterocycles. The van der Waals surface area contributed by atoms with Crippen molar-refractivity contribution in [2.24, 2.45) is 11.7 Å². The summed E-state index contributed by atoms with van der Waals surface area (Å²) in [4.78, 5) is 20.9. The summed E-state index contributed by atoms with van der Waals surface area (Å²) in [6.45, 7) is 1.54. The molecule has 6 nitrogen and oxygen atoms in total. The lowest BCUT2D eigenvalue weighted by Gasteiger charge is -2.10. The zero-order chi connectivity index (χ0) is 13.0. The molecular formula is C10H11ClN2O4. The maximum absolute atomic E-state index is 10.8. The van der Waals surface area contributed by atoms with Crippen molar-refractivity contribution in [3.8, 4) is 5.75 Å². The number of primary amides is 1. The molecule has 0 aliphatic rings. The lowest BCUT2D eigenvalue weighted by molar-refractivity contribution is -0.385. The molecule has 1 atom stereocenters. The molecule has 0 aliphatic heterocycles. The Labute approximate surface area is 102 Å². The summed E-state index contributed by atoms with van der Waals surface area (Å²) in [6.07, 6.45) is 0. The molecule has 0 fully saturated rings. The summed E-state index contributed by atoms with van der Waals surface area (Å²) >= 11 is 5.71. The molecule has 0 heterocycles. The molecule has 0 aliphatic carbocycles. The van der Waals surface area contributed by atoms with E-state index in [4.69, 9.17) is 22.1 Å². The number of carbonyl (C=O) groups excluding carboxylic acids is 1. The Kier molecular flexibility index (Phi) is 4.28. The highest BCUT2D eigenvalue weighted by Crippen LogP contribution is 2.30. The second-order valence-electron chi connectivity index (χ2n) is 3.48. The van der Waals surface area contributed by atoms with E-state index >= 15 is 0 Å². The number of benzene rings is 1. The highest BCUT2D eigenvalue weighted by molar-refractivity contribution is 6.30. The number of hydrogen-bond acceptors (Lipinski definition) is 4. The maximum atomic E-state index is 10.8. The largest absolute Gasteiger partial charge is 0.486 e. The van der Waals surface area contributed by atoms with Gasteiger partial charge >= 0.3 is 5.69 Å². The van der Waals surface area contributed by atoms with Crippen LogP contribution in [0.5, 0.6) is 5.75 Å². The minimum Gasteiger partial charge on any atom is -0.486 e. The van der Waals surface area contributed by atoms with Crippen LogP contribution < -0.4 is 10.5 Å². The molecule has 0 saturated carbocycles. The smallest absolute Gasteiger partial charge is 0.311 e. The third-order valence-corrected chi connectivity index (χ3v) is 2.33. The predicted molar refractivity (Wildman–Crippen MR) is 62.0 cm³/mol. The summed E-state index contributed by atoms with van der Waals surface area (Å²) in [5.41, 5.74) is 4.85. The van der Waals surface area contributed by atoms with Crippen molar-refractivity contribution in [3.05, 3.63) is 33.3 Å². The van der Waals surface area contributed by atoms with Gasteiger partial charge in [-0.3, -0.25) is 14.9 Å². The molecule has 0 spiro atoms.